The normalized spacial score (nSPS) is 15.7. The minimum absolute atomic E-state index is 0.0143. The lowest BCUT2D eigenvalue weighted by Crippen LogP contribution is -2.61. The molecule has 0 fully saturated rings. The molecule has 0 saturated heterocycles. The first-order valence-electron chi connectivity index (χ1n) is 23.6. The van der Waals surface area contributed by atoms with Gasteiger partial charge in [0.05, 0.1) is 0 Å². The molecule has 2 aliphatic carbocycles. The van der Waals surface area contributed by atoms with Gasteiger partial charge in [-0.25, -0.2) is 0 Å². The molecular formula is C62H57BN2. The summed E-state index contributed by atoms with van der Waals surface area (Å²) in [6.45, 7) is 23.8. The number of rotatable bonds is 3. The maximum atomic E-state index is 2.66. The Morgan fingerprint density at radius 2 is 0.862 bits per heavy atom. The summed E-state index contributed by atoms with van der Waals surface area (Å²) in [4.78, 5) is 5.26. The first-order chi connectivity index (χ1) is 31.0. The van der Waals surface area contributed by atoms with Crippen molar-refractivity contribution in [2.45, 2.75) is 90.9 Å². The molecule has 0 aromatic heterocycles. The van der Waals surface area contributed by atoms with E-state index in [1.165, 1.54) is 117 Å². The molecule has 0 atom stereocenters. The molecule has 0 bridgehead atoms. The fourth-order valence-corrected chi connectivity index (χ4v) is 11.9. The standard InChI is InChI=1S/C62H57BN2/c1-59(2,3)40-26-31-52-54(32-40)64(42-27-24-39(25-28-42)38-18-12-11-13-19-38)56-33-41(60(4,5)6)34-57-58(56)63(52)53-36-47-45-21-15-17-23-49(45)62(9,10)51(47)37-55(53)65(57)43-29-30-46-44-20-14-16-22-48(44)61(7,8)50(46)35-43/h11-37H,1-10H3. The molecule has 2 aliphatic heterocycles. The molecule has 0 radical (unpaired) electrons. The van der Waals surface area contributed by atoms with E-state index in [-0.39, 0.29) is 28.4 Å². The fourth-order valence-electron chi connectivity index (χ4n) is 11.9. The van der Waals surface area contributed by atoms with Crippen LogP contribution in [0.1, 0.15) is 103 Å². The molecule has 3 heteroatoms. The lowest BCUT2D eigenvalue weighted by molar-refractivity contribution is 0.590. The Morgan fingerprint density at radius 1 is 0.369 bits per heavy atom. The second-order valence-corrected chi connectivity index (χ2v) is 22.2. The number of nitrogens with zero attached hydrogens (tertiary/aromatic N) is 2. The van der Waals surface area contributed by atoms with E-state index < -0.39 is 0 Å². The van der Waals surface area contributed by atoms with E-state index in [0.29, 0.717) is 0 Å². The van der Waals surface area contributed by atoms with Gasteiger partial charge in [0.15, 0.2) is 0 Å². The molecule has 2 heterocycles. The Labute approximate surface area is 386 Å². The third kappa shape index (κ3) is 5.73. The predicted molar refractivity (Wildman–Crippen MR) is 278 cm³/mol. The Bertz CT molecular complexity index is 3280. The summed E-state index contributed by atoms with van der Waals surface area (Å²) in [6.07, 6.45) is 0. The molecule has 0 spiro atoms. The van der Waals surface area contributed by atoms with Gasteiger partial charge in [0.1, 0.15) is 0 Å². The van der Waals surface area contributed by atoms with E-state index >= 15 is 0 Å². The SMILES string of the molecule is CC(C)(C)c1ccc2c(c1)N(c1ccc(-c3ccccc3)cc1)c1cc(C(C)(C)C)cc3c1B2c1cc2c(cc1N3c1ccc3c(c1)C(C)(C)c1ccccc1-3)C(C)(C)c1ccccc1-2. The number of benzene rings is 8. The highest BCUT2D eigenvalue weighted by Crippen LogP contribution is 2.55. The maximum absolute atomic E-state index is 2.66. The Hall–Kier alpha value is -6.58. The summed E-state index contributed by atoms with van der Waals surface area (Å²) in [5.41, 5.74) is 27.2. The van der Waals surface area contributed by atoms with Gasteiger partial charge in [0, 0.05) is 45.0 Å². The third-order valence-electron chi connectivity index (χ3n) is 15.6. The van der Waals surface area contributed by atoms with Gasteiger partial charge in [-0.3, -0.25) is 0 Å². The van der Waals surface area contributed by atoms with Crippen LogP contribution >= 0.6 is 0 Å². The zero-order chi connectivity index (χ0) is 44.9. The number of hydrogen-bond donors (Lipinski definition) is 0. The summed E-state index contributed by atoms with van der Waals surface area (Å²) in [5.74, 6) is 0. The highest BCUT2D eigenvalue weighted by atomic mass is 15.2. The summed E-state index contributed by atoms with van der Waals surface area (Å²) in [7, 11) is 0. The van der Waals surface area contributed by atoms with Gasteiger partial charge in [0.25, 0.3) is 6.71 Å². The molecule has 0 amide bonds. The predicted octanol–water partition coefficient (Wildman–Crippen LogP) is 14.6. The molecule has 8 aromatic rings. The lowest BCUT2D eigenvalue weighted by Gasteiger charge is -2.46. The largest absolute Gasteiger partial charge is 0.311 e. The zero-order valence-corrected chi connectivity index (χ0v) is 39.6. The van der Waals surface area contributed by atoms with Gasteiger partial charge in [-0.05, 0) is 143 Å². The molecule has 4 aliphatic rings. The van der Waals surface area contributed by atoms with Crippen molar-refractivity contribution < 1.29 is 0 Å². The van der Waals surface area contributed by atoms with E-state index in [9.17, 15) is 0 Å². The molecular weight excluding hydrogens is 784 g/mol. The van der Waals surface area contributed by atoms with Crippen molar-refractivity contribution in [2.75, 3.05) is 9.80 Å². The molecule has 0 unspecified atom stereocenters. The molecule has 0 N–H and O–H groups in total. The number of anilines is 6. The highest BCUT2D eigenvalue weighted by Gasteiger charge is 2.47. The molecule has 8 aromatic carbocycles. The van der Waals surface area contributed by atoms with E-state index in [1.54, 1.807) is 0 Å². The van der Waals surface area contributed by atoms with E-state index in [2.05, 4.69) is 243 Å². The monoisotopic (exact) mass is 840 g/mol. The summed E-state index contributed by atoms with van der Waals surface area (Å²) < 4.78 is 0. The van der Waals surface area contributed by atoms with Crippen LogP contribution in [0.4, 0.5) is 34.1 Å². The number of hydrogen-bond acceptors (Lipinski definition) is 2. The Morgan fingerprint density at radius 3 is 1.49 bits per heavy atom. The van der Waals surface area contributed by atoms with Gasteiger partial charge in [-0.15, -0.1) is 0 Å². The van der Waals surface area contributed by atoms with Crippen molar-refractivity contribution in [1.82, 2.24) is 0 Å². The second kappa shape index (κ2) is 13.5. The van der Waals surface area contributed by atoms with Crippen LogP contribution in [0.3, 0.4) is 0 Å². The van der Waals surface area contributed by atoms with Crippen molar-refractivity contribution in [3.63, 3.8) is 0 Å². The van der Waals surface area contributed by atoms with E-state index in [0.717, 1.165) is 0 Å². The Kier molecular flexibility index (Phi) is 8.29. The minimum Gasteiger partial charge on any atom is -0.311 e. The van der Waals surface area contributed by atoms with Crippen LogP contribution in [0.5, 0.6) is 0 Å². The van der Waals surface area contributed by atoms with Crippen molar-refractivity contribution in [3.8, 4) is 33.4 Å². The summed E-state index contributed by atoms with van der Waals surface area (Å²) in [6, 6.07) is 63.1. The van der Waals surface area contributed by atoms with Gasteiger partial charge in [0.2, 0.25) is 0 Å². The molecule has 65 heavy (non-hydrogen) atoms. The summed E-state index contributed by atoms with van der Waals surface area (Å²) >= 11 is 0. The van der Waals surface area contributed by atoms with Crippen LogP contribution in [-0.2, 0) is 21.7 Å². The van der Waals surface area contributed by atoms with Crippen LogP contribution in [0.25, 0.3) is 33.4 Å². The quantitative estimate of drug-likeness (QED) is 0.164. The average Bonchev–Trinajstić information content (AvgIpc) is 3.66. The first kappa shape index (κ1) is 40.0. The van der Waals surface area contributed by atoms with Gasteiger partial charge < -0.3 is 9.80 Å². The third-order valence-corrected chi connectivity index (χ3v) is 15.6. The molecule has 2 nitrogen and oxygen atoms in total. The number of fused-ring (bicyclic) bond motifs is 10. The van der Waals surface area contributed by atoms with E-state index in [4.69, 9.17) is 0 Å². The van der Waals surface area contributed by atoms with Crippen LogP contribution < -0.4 is 26.2 Å². The fraction of sp³-hybridized carbons (Fsp3) is 0.226. The van der Waals surface area contributed by atoms with Crippen LogP contribution in [-0.4, -0.2) is 6.71 Å². The van der Waals surface area contributed by atoms with Crippen LogP contribution in [0.15, 0.2) is 164 Å². The maximum Gasteiger partial charge on any atom is 0.252 e. The molecule has 12 rings (SSSR count). The zero-order valence-electron chi connectivity index (χ0n) is 39.6. The second-order valence-electron chi connectivity index (χ2n) is 22.2. The van der Waals surface area contributed by atoms with Gasteiger partial charge in [-0.1, -0.05) is 184 Å². The summed E-state index contributed by atoms with van der Waals surface area (Å²) in [5, 5.41) is 0. The molecule has 318 valence electrons. The highest BCUT2D eigenvalue weighted by molar-refractivity contribution is 7.00. The van der Waals surface area contributed by atoms with Crippen molar-refractivity contribution >= 4 is 57.2 Å². The van der Waals surface area contributed by atoms with Crippen LogP contribution in [0.2, 0.25) is 0 Å². The smallest absolute Gasteiger partial charge is 0.252 e. The van der Waals surface area contributed by atoms with Crippen molar-refractivity contribution in [2.24, 2.45) is 0 Å². The average molecular weight is 841 g/mol. The van der Waals surface area contributed by atoms with Gasteiger partial charge >= 0.3 is 0 Å². The van der Waals surface area contributed by atoms with E-state index in [1.807, 2.05) is 0 Å². The van der Waals surface area contributed by atoms with Crippen molar-refractivity contribution in [1.29, 1.82) is 0 Å². The Balaban J connectivity index is 1.18. The lowest BCUT2D eigenvalue weighted by atomic mass is 9.33. The van der Waals surface area contributed by atoms with Crippen molar-refractivity contribution in [3.05, 3.63) is 197 Å². The minimum atomic E-state index is -0.151. The van der Waals surface area contributed by atoms with Crippen LogP contribution in [0, 0.1) is 0 Å². The molecule has 0 saturated carbocycles. The van der Waals surface area contributed by atoms with Gasteiger partial charge in [-0.2, -0.15) is 0 Å². The first-order valence-corrected chi connectivity index (χ1v) is 23.6. The topological polar surface area (TPSA) is 6.48 Å².